The van der Waals surface area contributed by atoms with Crippen molar-refractivity contribution >= 4 is 17.1 Å². The average molecular weight is 206 g/mol. The molecule has 14 heavy (non-hydrogen) atoms. The second kappa shape index (κ2) is 3.72. The number of hydrogen-bond acceptors (Lipinski definition) is 2. The Kier molecular flexibility index (Phi) is 2.41. The maximum atomic E-state index is 13.2. The zero-order chi connectivity index (χ0) is 9.97. The number of benzene rings is 1. The van der Waals surface area contributed by atoms with Crippen LogP contribution in [0.2, 0.25) is 0 Å². The lowest BCUT2D eigenvalue weighted by Crippen LogP contribution is -2.01. The second-order valence-electron chi connectivity index (χ2n) is 2.79. The standard InChI is InChI=1S/C11H7FOS/c12-9-5-2-1-4-8(9)11(13)10-6-3-7-14-10/h1-7H. The van der Waals surface area contributed by atoms with Crippen molar-refractivity contribution in [3.05, 3.63) is 58.0 Å². The van der Waals surface area contributed by atoms with Gasteiger partial charge in [-0.2, -0.15) is 0 Å². The molecule has 0 spiro atoms. The molecule has 0 fully saturated rings. The summed E-state index contributed by atoms with van der Waals surface area (Å²) in [5, 5.41) is 1.80. The van der Waals surface area contributed by atoms with Crippen LogP contribution in [0.1, 0.15) is 15.2 Å². The Hall–Kier alpha value is -1.48. The van der Waals surface area contributed by atoms with Crippen molar-refractivity contribution in [2.75, 3.05) is 0 Å². The van der Waals surface area contributed by atoms with Gasteiger partial charge < -0.3 is 0 Å². The van der Waals surface area contributed by atoms with Crippen LogP contribution in [0.3, 0.4) is 0 Å². The van der Waals surface area contributed by atoms with Crippen LogP contribution in [0.4, 0.5) is 4.39 Å². The van der Waals surface area contributed by atoms with Gasteiger partial charge in [0.15, 0.2) is 0 Å². The van der Waals surface area contributed by atoms with Crippen molar-refractivity contribution in [1.82, 2.24) is 0 Å². The minimum atomic E-state index is -0.467. The van der Waals surface area contributed by atoms with Crippen molar-refractivity contribution in [1.29, 1.82) is 0 Å². The Balaban J connectivity index is 2.42. The molecule has 0 aliphatic carbocycles. The van der Waals surface area contributed by atoms with E-state index >= 15 is 0 Å². The van der Waals surface area contributed by atoms with Gasteiger partial charge >= 0.3 is 0 Å². The van der Waals surface area contributed by atoms with E-state index in [9.17, 15) is 9.18 Å². The first-order valence-corrected chi connectivity index (χ1v) is 5.00. The predicted molar refractivity (Wildman–Crippen MR) is 54.2 cm³/mol. The van der Waals surface area contributed by atoms with Gasteiger partial charge in [-0.15, -0.1) is 11.3 Å². The molecular formula is C11H7FOS. The molecular weight excluding hydrogens is 199 g/mol. The van der Waals surface area contributed by atoms with E-state index in [1.165, 1.54) is 23.5 Å². The normalized spacial score (nSPS) is 10.1. The molecule has 0 radical (unpaired) electrons. The number of thiophene rings is 1. The van der Waals surface area contributed by atoms with Gasteiger partial charge in [0.1, 0.15) is 5.82 Å². The Labute approximate surface area is 84.8 Å². The Morgan fingerprint density at radius 2 is 1.93 bits per heavy atom. The summed E-state index contributed by atoms with van der Waals surface area (Å²) in [7, 11) is 0. The van der Waals surface area contributed by atoms with Crippen molar-refractivity contribution < 1.29 is 9.18 Å². The van der Waals surface area contributed by atoms with Crippen LogP contribution >= 0.6 is 11.3 Å². The molecule has 2 rings (SSSR count). The fourth-order valence-electron chi connectivity index (χ4n) is 1.19. The second-order valence-corrected chi connectivity index (χ2v) is 3.73. The molecule has 3 heteroatoms. The first-order chi connectivity index (χ1) is 6.79. The SMILES string of the molecule is O=C(c1cccs1)c1ccccc1F. The van der Waals surface area contributed by atoms with Crippen LogP contribution in [0, 0.1) is 5.82 Å². The van der Waals surface area contributed by atoms with E-state index in [2.05, 4.69) is 0 Å². The van der Waals surface area contributed by atoms with E-state index in [4.69, 9.17) is 0 Å². The molecule has 0 saturated carbocycles. The van der Waals surface area contributed by atoms with Gasteiger partial charge in [0.25, 0.3) is 0 Å². The van der Waals surface area contributed by atoms with Gasteiger partial charge in [0, 0.05) is 0 Å². The van der Waals surface area contributed by atoms with Gasteiger partial charge in [-0.3, -0.25) is 4.79 Å². The summed E-state index contributed by atoms with van der Waals surface area (Å²) in [6.45, 7) is 0. The molecule has 1 aromatic heterocycles. The molecule has 0 saturated heterocycles. The summed E-state index contributed by atoms with van der Waals surface area (Å²) in [5.74, 6) is -0.719. The molecule has 0 atom stereocenters. The summed E-state index contributed by atoms with van der Waals surface area (Å²) in [5.41, 5.74) is 0.134. The summed E-state index contributed by atoms with van der Waals surface area (Å²) in [6.07, 6.45) is 0. The highest BCUT2D eigenvalue weighted by molar-refractivity contribution is 7.12. The van der Waals surface area contributed by atoms with E-state index in [-0.39, 0.29) is 11.3 Å². The lowest BCUT2D eigenvalue weighted by molar-refractivity contribution is 0.103. The van der Waals surface area contributed by atoms with Crippen LogP contribution in [0.5, 0.6) is 0 Å². The smallest absolute Gasteiger partial charge is 0.205 e. The van der Waals surface area contributed by atoms with Crippen LogP contribution in [-0.4, -0.2) is 5.78 Å². The zero-order valence-corrected chi connectivity index (χ0v) is 8.05. The molecule has 0 unspecified atom stereocenters. The van der Waals surface area contributed by atoms with Crippen molar-refractivity contribution in [3.8, 4) is 0 Å². The van der Waals surface area contributed by atoms with Crippen LogP contribution in [0.25, 0.3) is 0 Å². The van der Waals surface area contributed by atoms with Crippen LogP contribution in [0.15, 0.2) is 41.8 Å². The van der Waals surface area contributed by atoms with Gasteiger partial charge in [0.05, 0.1) is 10.4 Å². The fourth-order valence-corrected chi connectivity index (χ4v) is 1.86. The lowest BCUT2D eigenvalue weighted by Gasteiger charge is -1.98. The first-order valence-electron chi connectivity index (χ1n) is 4.12. The summed E-state index contributed by atoms with van der Waals surface area (Å²) < 4.78 is 13.2. The quantitative estimate of drug-likeness (QED) is 0.690. The molecule has 70 valence electrons. The largest absolute Gasteiger partial charge is 0.288 e. The first kappa shape index (κ1) is 9.09. The molecule has 1 nitrogen and oxygen atoms in total. The topological polar surface area (TPSA) is 17.1 Å². The highest BCUT2D eigenvalue weighted by atomic mass is 32.1. The highest BCUT2D eigenvalue weighted by Crippen LogP contribution is 2.16. The third-order valence-corrected chi connectivity index (χ3v) is 2.73. The number of ketones is 1. The van der Waals surface area contributed by atoms with Crippen molar-refractivity contribution in [3.63, 3.8) is 0 Å². The summed E-state index contributed by atoms with van der Waals surface area (Å²) >= 11 is 1.32. The number of carbonyl (C=O) groups excluding carboxylic acids is 1. The highest BCUT2D eigenvalue weighted by Gasteiger charge is 2.13. The third kappa shape index (κ3) is 1.59. The number of halogens is 1. The Bertz CT molecular complexity index is 448. The average Bonchev–Trinajstić information content (AvgIpc) is 2.70. The molecule has 0 amide bonds. The van der Waals surface area contributed by atoms with Crippen molar-refractivity contribution in [2.45, 2.75) is 0 Å². The van der Waals surface area contributed by atoms with Crippen LogP contribution < -0.4 is 0 Å². The molecule has 0 bridgehead atoms. The molecule has 0 aliphatic heterocycles. The maximum absolute atomic E-state index is 13.2. The fraction of sp³-hybridized carbons (Fsp3) is 0. The number of carbonyl (C=O) groups is 1. The van der Waals surface area contributed by atoms with Gasteiger partial charge in [0.2, 0.25) is 5.78 Å². The van der Waals surface area contributed by atoms with E-state index in [0.29, 0.717) is 4.88 Å². The van der Waals surface area contributed by atoms with E-state index in [1.807, 2.05) is 0 Å². The lowest BCUT2D eigenvalue weighted by atomic mass is 10.1. The molecule has 2 aromatic rings. The molecule has 1 aromatic carbocycles. The van der Waals surface area contributed by atoms with Gasteiger partial charge in [-0.05, 0) is 23.6 Å². The van der Waals surface area contributed by atoms with E-state index in [0.717, 1.165) is 0 Å². The van der Waals surface area contributed by atoms with Gasteiger partial charge in [-0.25, -0.2) is 4.39 Å². The Morgan fingerprint density at radius 3 is 2.57 bits per heavy atom. The summed E-state index contributed by atoms with van der Waals surface area (Å²) in [6, 6.07) is 9.49. The molecule has 0 N–H and O–H groups in total. The van der Waals surface area contributed by atoms with E-state index in [1.54, 1.807) is 29.6 Å². The Morgan fingerprint density at radius 1 is 1.14 bits per heavy atom. The number of rotatable bonds is 2. The minimum Gasteiger partial charge on any atom is -0.288 e. The van der Waals surface area contributed by atoms with Gasteiger partial charge in [-0.1, -0.05) is 18.2 Å². The predicted octanol–water partition coefficient (Wildman–Crippen LogP) is 3.12. The van der Waals surface area contributed by atoms with Crippen molar-refractivity contribution in [2.24, 2.45) is 0 Å². The third-order valence-electron chi connectivity index (χ3n) is 1.86. The van der Waals surface area contributed by atoms with E-state index < -0.39 is 5.82 Å². The van der Waals surface area contributed by atoms with Crippen LogP contribution in [-0.2, 0) is 0 Å². The monoisotopic (exact) mass is 206 g/mol. The zero-order valence-electron chi connectivity index (χ0n) is 7.24. The summed E-state index contributed by atoms with van der Waals surface area (Å²) in [4.78, 5) is 12.3. The molecule has 1 heterocycles. The number of hydrogen-bond donors (Lipinski definition) is 0. The molecule has 0 aliphatic rings. The maximum Gasteiger partial charge on any atom is 0.205 e. The minimum absolute atomic E-state index is 0.134.